The Bertz CT molecular complexity index is 334. The van der Waals surface area contributed by atoms with Crippen LogP contribution in [-0.2, 0) is 6.54 Å². The predicted molar refractivity (Wildman–Crippen MR) is 70.8 cm³/mol. The number of aryl methyl sites for hydroxylation is 3. The van der Waals surface area contributed by atoms with Crippen molar-refractivity contribution in [1.82, 2.24) is 4.90 Å². The van der Waals surface area contributed by atoms with Crippen LogP contribution in [0.1, 0.15) is 22.3 Å². The van der Waals surface area contributed by atoms with Crippen molar-refractivity contribution in [3.63, 3.8) is 0 Å². The van der Waals surface area contributed by atoms with Gasteiger partial charge in [0.05, 0.1) is 0 Å². The largest absolute Gasteiger partial charge is 0.301 e. The maximum Gasteiger partial charge on any atom is 0.0233 e. The summed E-state index contributed by atoms with van der Waals surface area (Å²) >= 11 is 4.25. The van der Waals surface area contributed by atoms with Gasteiger partial charge >= 0.3 is 0 Å². The summed E-state index contributed by atoms with van der Waals surface area (Å²) in [6, 6.07) is 4.58. The van der Waals surface area contributed by atoms with Crippen LogP contribution < -0.4 is 0 Å². The Balaban J connectivity index is 2.81. The average molecular weight is 223 g/mol. The standard InChI is InChI=1S/C13H21NS/c1-10-7-12(3)13(8-11(10)2)9-14(4)5-6-15/h7-8,15H,5-6,9H2,1-4H3. The van der Waals surface area contributed by atoms with E-state index in [1.54, 1.807) is 0 Å². The fourth-order valence-electron chi connectivity index (χ4n) is 1.73. The van der Waals surface area contributed by atoms with Gasteiger partial charge in [-0.15, -0.1) is 0 Å². The second-order valence-corrected chi connectivity index (χ2v) is 4.77. The van der Waals surface area contributed by atoms with E-state index in [1.807, 2.05) is 0 Å². The van der Waals surface area contributed by atoms with Gasteiger partial charge in [0.2, 0.25) is 0 Å². The van der Waals surface area contributed by atoms with Crippen molar-refractivity contribution >= 4 is 12.6 Å². The molecular formula is C13H21NS. The van der Waals surface area contributed by atoms with Crippen LogP contribution in [-0.4, -0.2) is 24.2 Å². The molecule has 0 fully saturated rings. The van der Waals surface area contributed by atoms with Crippen LogP contribution in [0.3, 0.4) is 0 Å². The Hall–Kier alpha value is -0.470. The van der Waals surface area contributed by atoms with Crippen molar-refractivity contribution in [2.24, 2.45) is 0 Å². The van der Waals surface area contributed by atoms with Gasteiger partial charge in [0.1, 0.15) is 0 Å². The van der Waals surface area contributed by atoms with Crippen molar-refractivity contribution in [1.29, 1.82) is 0 Å². The summed E-state index contributed by atoms with van der Waals surface area (Å²) < 4.78 is 0. The molecule has 1 aromatic rings. The van der Waals surface area contributed by atoms with Crippen LogP contribution >= 0.6 is 12.6 Å². The van der Waals surface area contributed by atoms with Crippen LogP contribution in [0.25, 0.3) is 0 Å². The van der Waals surface area contributed by atoms with E-state index in [2.05, 4.69) is 57.5 Å². The van der Waals surface area contributed by atoms with E-state index in [0.29, 0.717) is 0 Å². The minimum absolute atomic E-state index is 0.917. The first kappa shape index (κ1) is 12.6. The highest BCUT2D eigenvalue weighted by Gasteiger charge is 2.04. The Labute approximate surface area is 98.9 Å². The molecule has 0 unspecified atom stereocenters. The normalized spacial score (nSPS) is 11.1. The van der Waals surface area contributed by atoms with Crippen LogP contribution in [0.15, 0.2) is 12.1 Å². The summed E-state index contributed by atoms with van der Waals surface area (Å²) in [5.74, 6) is 0.917. The fraction of sp³-hybridized carbons (Fsp3) is 0.538. The third kappa shape index (κ3) is 3.54. The lowest BCUT2D eigenvalue weighted by Gasteiger charge is -2.18. The van der Waals surface area contributed by atoms with E-state index in [0.717, 1.165) is 18.8 Å². The van der Waals surface area contributed by atoms with Gasteiger partial charge in [-0.3, -0.25) is 0 Å². The molecule has 0 bridgehead atoms. The number of hydrogen-bond acceptors (Lipinski definition) is 2. The average Bonchev–Trinajstić information content (AvgIpc) is 2.14. The molecule has 1 rings (SSSR count). The summed E-state index contributed by atoms with van der Waals surface area (Å²) in [6.45, 7) is 8.60. The van der Waals surface area contributed by atoms with Crippen molar-refractivity contribution in [2.45, 2.75) is 27.3 Å². The zero-order valence-electron chi connectivity index (χ0n) is 10.2. The monoisotopic (exact) mass is 223 g/mol. The zero-order chi connectivity index (χ0) is 11.4. The molecule has 0 N–H and O–H groups in total. The summed E-state index contributed by atoms with van der Waals surface area (Å²) in [4.78, 5) is 2.31. The van der Waals surface area contributed by atoms with Gasteiger partial charge < -0.3 is 4.90 Å². The minimum atomic E-state index is 0.917. The third-order valence-corrected chi connectivity index (χ3v) is 3.07. The summed E-state index contributed by atoms with van der Waals surface area (Å²) in [7, 11) is 2.14. The van der Waals surface area contributed by atoms with E-state index in [-0.39, 0.29) is 0 Å². The van der Waals surface area contributed by atoms with Gasteiger partial charge in [-0.25, -0.2) is 0 Å². The van der Waals surface area contributed by atoms with Crippen LogP contribution in [0.4, 0.5) is 0 Å². The van der Waals surface area contributed by atoms with Crippen molar-refractivity contribution in [2.75, 3.05) is 19.3 Å². The molecule has 1 aromatic carbocycles. The van der Waals surface area contributed by atoms with E-state index in [4.69, 9.17) is 0 Å². The lowest BCUT2D eigenvalue weighted by atomic mass is 10.0. The van der Waals surface area contributed by atoms with Crippen LogP contribution in [0.5, 0.6) is 0 Å². The van der Waals surface area contributed by atoms with Gasteiger partial charge in [-0.05, 0) is 50.1 Å². The topological polar surface area (TPSA) is 3.24 Å². The highest BCUT2D eigenvalue weighted by atomic mass is 32.1. The molecule has 0 radical (unpaired) electrons. The van der Waals surface area contributed by atoms with E-state index in [9.17, 15) is 0 Å². The van der Waals surface area contributed by atoms with E-state index >= 15 is 0 Å². The second-order valence-electron chi connectivity index (χ2n) is 4.32. The summed E-state index contributed by atoms with van der Waals surface area (Å²) in [6.07, 6.45) is 0. The number of nitrogens with zero attached hydrogens (tertiary/aromatic N) is 1. The van der Waals surface area contributed by atoms with Crippen LogP contribution in [0, 0.1) is 20.8 Å². The summed E-state index contributed by atoms with van der Waals surface area (Å²) in [5.41, 5.74) is 5.59. The molecule has 2 heteroatoms. The second kappa shape index (κ2) is 5.57. The number of thiol groups is 1. The third-order valence-electron chi connectivity index (χ3n) is 2.87. The van der Waals surface area contributed by atoms with Gasteiger partial charge in [0.25, 0.3) is 0 Å². The number of hydrogen-bond donors (Lipinski definition) is 1. The molecule has 0 atom stereocenters. The number of benzene rings is 1. The maximum atomic E-state index is 4.25. The Morgan fingerprint density at radius 1 is 1.07 bits per heavy atom. The lowest BCUT2D eigenvalue weighted by molar-refractivity contribution is 0.348. The first-order valence-electron chi connectivity index (χ1n) is 5.40. The molecule has 0 amide bonds. The van der Waals surface area contributed by atoms with E-state index in [1.165, 1.54) is 22.3 Å². The molecule has 0 aliphatic carbocycles. The molecule has 0 spiro atoms. The van der Waals surface area contributed by atoms with Gasteiger partial charge in [0, 0.05) is 18.8 Å². The molecule has 0 saturated carbocycles. The Morgan fingerprint density at radius 2 is 1.67 bits per heavy atom. The van der Waals surface area contributed by atoms with Gasteiger partial charge in [0.15, 0.2) is 0 Å². The predicted octanol–water partition coefficient (Wildman–Crippen LogP) is 2.97. The quantitative estimate of drug-likeness (QED) is 0.768. The lowest BCUT2D eigenvalue weighted by Crippen LogP contribution is -2.20. The molecular weight excluding hydrogens is 202 g/mol. The van der Waals surface area contributed by atoms with Crippen molar-refractivity contribution in [3.05, 3.63) is 34.4 Å². The SMILES string of the molecule is Cc1cc(C)c(CN(C)CCS)cc1C. The van der Waals surface area contributed by atoms with Gasteiger partial charge in [-0.1, -0.05) is 12.1 Å². The highest BCUT2D eigenvalue weighted by molar-refractivity contribution is 7.80. The number of rotatable bonds is 4. The maximum absolute atomic E-state index is 4.25. The summed E-state index contributed by atoms with van der Waals surface area (Å²) in [5, 5.41) is 0. The van der Waals surface area contributed by atoms with Gasteiger partial charge in [-0.2, -0.15) is 12.6 Å². The minimum Gasteiger partial charge on any atom is -0.301 e. The van der Waals surface area contributed by atoms with Crippen molar-refractivity contribution in [3.8, 4) is 0 Å². The molecule has 0 saturated heterocycles. The fourth-order valence-corrected chi connectivity index (χ4v) is 2.07. The van der Waals surface area contributed by atoms with Crippen LogP contribution in [0.2, 0.25) is 0 Å². The smallest absolute Gasteiger partial charge is 0.0233 e. The van der Waals surface area contributed by atoms with Crippen molar-refractivity contribution < 1.29 is 0 Å². The molecule has 0 aliphatic rings. The molecule has 0 aliphatic heterocycles. The molecule has 15 heavy (non-hydrogen) atoms. The Kier molecular flexibility index (Phi) is 4.68. The first-order valence-corrected chi connectivity index (χ1v) is 6.04. The Morgan fingerprint density at radius 3 is 2.27 bits per heavy atom. The highest BCUT2D eigenvalue weighted by Crippen LogP contribution is 2.16. The molecule has 84 valence electrons. The molecule has 0 aromatic heterocycles. The zero-order valence-corrected chi connectivity index (χ0v) is 11.1. The molecule has 1 nitrogen and oxygen atoms in total. The van der Waals surface area contributed by atoms with E-state index < -0.39 is 0 Å². The molecule has 0 heterocycles. The first-order chi connectivity index (χ1) is 7.04.